The van der Waals surface area contributed by atoms with Gasteiger partial charge in [0, 0.05) is 0 Å². The summed E-state index contributed by atoms with van der Waals surface area (Å²) in [5.74, 6) is 0. The molecule has 2 nitrogen and oxygen atoms in total. The van der Waals surface area contributed by atoms with Crippen molar-refractivity contribution in [3.05, 3.63) is 121 Å². The summed E-state index contributed by atoms with van der Waals surface area (Å²) in [6.07, 6.45) is -1.22. The molecule has 0 bridgehead atoms. The summed E-state index contributed by atoms with van der Waals surface area (Å²) in [7, 11) is 6.21. The molecule has 0 aliphatic heterocycles. The first-order valence-corrected chi connectivity index (χ1v) is 11.7. The molecule has 0 radical (unpaired) electrons. The van der Waals surface area contributed by atoms with E-state index in [-0.39, 0.29) is 6.61 Å². The van der Waals surface area contributed by atoms with Gasteiger partial charge in [0.1, 0.15) is 12.2 Å². The predicted molar refractivity (Wildman–Crippen MR) is 145 cm³/mol. The molecule has 0 unspecified atom stereocenters. The van der Waals surface area contributed by atoms with Gasteiger partial charge < -0.3 is 9.59 Å². The third-order valence-electron chi connectivity index (χ3n) is 6.78. The molecule has 170 valence electrons. The van der Waals surface area contributed by atoms with Gasteiger partial charge in [0.05, 0.1) is 27.7 Å². The molecule has 4 aromatic carbocycles. The second-order valence-electron chi connectivity index (χ2n) is 9.66. The Balaban J connectivity index is 0.000000331. The van der Waals surface area contributed by atoms with Crippen molar-refractivity contribution in [3.8, 4) is 0 Å². The van der Waals surface area contributed by atoms with Crippen molar-refractivity contribution in [2.24, 2.45) is 0 Å². The van der Waals surface area contributed by atoms with Gasteiger partial charge in [-0.1, -0.05) is 121 Å². The minimum atomic E-state index is -1.22. The van der Waals surface area contributed by atoms with Crippen molar-refractivity contribution in [3.63, 3.8) is 0 Å². The molecule has 4 aromatic rings. The van der Waals surface area contributed by atoms with Crippen LogP contribution in [0.3, 0.4) is 0 Å². The SMILES string of the molecule is C[C@H](CO)[N+](C)(C)C.c1ccc([B-](c2ccccc2)(c2ccccc2)c2ccccc2)cc1. The largest absolute Gasteiger partial charge is 0.390 e. The summed E-state index contributed by atoms with van der Waals surface area (Å²) >= 11 is 0. The highest BCUT2D eigenvalue weighted by atomic mass is 16.3. The summed E-state index contributed by atoms with van der Waals surface area (Å²) in [6, 6.07) is 43.9. The van der Waals surface area contributed by atoms with E-state index in [9.17, 15) is 0 Å². The van der Waals surface area contributed by atoms with Crippen molar-refractivity contribution >= 4 is 28.0 Å². The highest BCUT2D eigenvalue weighted by Crippen LogP contribution is 2.09. The summed E-state index contributed by atoms with van der Waals surface area (Å²) in [5.41, 5.74) is 5.36. The summed E-state index contributed by atoms with van der Waals surface area (Å²) in [6.45, 7) is 2.30. The van der Waals surface area contributed by atoms with Crippen LogP contribution in [0.25, 0.3) is 0 Å². The number of benzene rings is 4. The second-order valence-corrected chi connectivity index (χ2v) is 9.66. The van der Waals surface area contributed by atoms with Crippen LogP contribution >= 0.6 is 0 Å². The average molecular weight is 437 g/mol. The zero-order valence-corrected chi connectivity index (χ0v) is 20.3. The Kier molecular flexibility index (Phi) is 8.27. The minimum absolute atomic E-state index is 0.267. The zero-order valence-electron chi connectivity index (χ0n) is 20.3. The van der Waals surface area contributed by atoms with Gasteiger partial charge in [0.2, 0.25) is 0 Å². The van der Waals surface area contributed by atoms with E-state index >= 15 is 0 Å². The first kappa shape index (κ1) is 24.5. The van der Waals surface area contributed by atoms with Crippen molar-refractivity contribution in [2.75, 3.05) is 27.7 Å². The molecule has 0 aliphatic carbocycles. The minimum Gasteiger partial charge on any atom is -0.390 e. The number of rotatable bonds is 6. The zero-order chi connectivity index (χ0) is 23.7. The third kappa shape index (κ3) is 5.62. The maximum absolute atomic E-state index is 8.65. The van der Waals surface area contributed by atoms with E-state index < -0.39 is 6.15 Å². The Morgan fingerprint density at radius 2 is 0.788 bits per heavy atom. The first-order chi connectivity index (χ1) is 15.9. The highest BCUT2D eigenvalue weighted by molar-refractivity contribution is 7.19. The third-order valence-corrected chi connectivity index (χ3v) is 6.78. The molecular weight excluding hydrogens is 401 g/mol. The van der Waals surface area contributed by atoms with Crippen LogP contribution in [0, 0.1) is 0 Å². The fraction of sp³-hybridized carbons (Fsp3) is 0.200. The van der Waals surface area contributed by atoms with Gasteiger partial charge in [-0.3, -0.25) is 0 Å². The highest BCUT2D eigenvalue weighted by Gasteiger charge is 2.31. The topological polar surface area (TPSA) is 20.2 Å². The van der Waals surface area contributed by atoms with Gasteiger partial charge >= 0.3 is 0 Å². The first-order valence-electron chi connectivity index (χ1n) is 11.7. The quantitative estimate of drug-likeness (QED) is 0.363. The number of aliphatic hydroxyl groups is 1. The van der Waals surface area contributed by atoms with Crippen LogP contribution < -0.4 is 21.9 Å². The van der Waals surface area contributed by atoms with Gasteiger partial charge in [-0.05, 0) is 6.92 Å². The standard InChI is InChI=1S/C24H20B.C6H16NO/c1-5-13-21(14-6-1)25(22-15-7-2-8-16-22,23-17-9-3-10-18-23)24-19-11-4-12-20-24;1-6(5-8)7(2,3)4/h1-20H;6,8H,5H2,1-4H3/q-1;+1/t;6-/m.1/s1. The molecule has 0 heterocycles. The molecular formula is C30H36BNO. The molecule has 0 fully saturated rings. The number of quaternary nitrogens is 1. The maximum Gasteiger partial charge on any atom is 0.109 e. The van der Waals surface area contributed by atoms with Crippen molar-refractivity contribution in [1.29, 1.82) is 0 Å². The molecule has 0 saturated heterocycles. The number of hydrogen-bond acceptors (Lipinski definition) is 1. The monoisotopic (exact) mass is 437 g/mol. The van der Waals surface area contributed by atoms with Crippen LogP contribution in [0.1, 0.15) is 6.92 Å². The van der Waals surface area contributed by atoms with Crippen LogP contribution in [-0.4, -0.2) is 49.5 Å². The Bertz CT molecular complexity index is 914. The molecule has 4 rings (SSSR count). The van der Waals surface area contributed by atoms with Crippen molar-refractivity contribution in [2.45, 2.75) is 13.0 Å². The van der Waals surface area contributed by atoms with Crippen molar-refractivity contribution in [1.82, 2.24) is 0 Å². The van der Waals surface area contributed by atoms with Gasteiger partial charge in [-0.25, -0.2) is 0 Å². The van der Waals surface area contributed by atoms with Gasteiger partial charge in [0.15, 0.2) is 0 Å². The van der Waals surface area contributed by atoms with Crippen LogP contribution in [0.4, 0.5) is 0 Å². The molecule has 0 aromatic heterocycles. The van der Waals surface area contributed by atoms with Crippen LogP contribution in [0.5, 0.6) is 0 Å². The van der Waals surface area contributed by atoms with E-state index in [1.54, 1.807) is 0 Å². The summed E-state index contributed by atoms with van der Waals surface area (Å²) in [5, 5.41) is 8.65. The Hall–Kier alpha value is -3.14. The molecule has 1 N–H and O–H groups in total. The van der Waals surface area contributed by atoms with Crippen LogP contribution in [0.2, 0.25) is 0 Å². The Morgan fingerprint density at radius 3 is 0.939 bits per heavy atom. The van der Waals surface area contributed by atoms with Crippen molar-refractivity contribution < 1.29 is 9.59 Å². The smallest absolute Gasteiger partial charge is 0.109 e. The molecule has 0 aliphatic rings. The van der Waals surface area contributed by atoms with E-state index in [2.05, 4.69) is 142 Å². The predicted octanol–water partition coefficient (Wildman–Crippen LogP) is 3.14. The molecule has 1 atom stereocenters. The molecule has 0 saturated carbocycles. The van der Waals surface area contributed by atoms with Gasteiger partial charge in [0.25, 0.3) is 0 Å². The lowest BCUT2D eigenvalue weighted by molar-refractivity contribution is -0.894. The van der Waals surface area contributed by atoms with Gasteiger partial charge in [-0.2, -0.15) is 21.9 Å². The summed E-state index contributed by atoms with van der Waals surface area (Å²) in [4.78, 5) is 0. The lowest BCUT2D eigenvalue weighted by Gasteiger charge is -2.44. The normalized spacial score (nSPS) is 12.4. The number of likely N-dealkylation sites (N-methyl/N-ethyl adjacent to an activating group) is 1. The molecule has 33 heavy (non-hydrogen) atoms. The number of hydrogen-bond donors (Lipinski definition) is 1. The van der Waals surface area contributed by atoms with Gasteiger partial charge in [-0.15, -0.1) is 0 Å². The van der Waals surface area contributed by atoms with E-state index in [4.69, 9.17) is 5.11 Å². The fourth-order valence-corrected chi connectivity index (χ4v) is 4.37. The fourth-order valence-electron chi connectivity index (χ4n) is 4.37. The maximum atomic E-state index is 8.65. The van der Waals surface area contributed by atoms with E-state index in [1.165, 1.54) is 21.9 Å². The number of aliphatic hydroxyl groups excluding tert-OH is 1. The Labute approximate surface area is 199 Å². The molecule has 0 spiro atoms. The van der Waals surface area contributed by atoms with E-state index in [1.807, 2.05) is 6.92 Å². The number of nitrogens with zero attached hydrogens (tertiary/aromatic N) is 1. The summed E-state index contributed by atoms with van der Waals surface area (Å²) < 4.78 is 0.830. The van der Waals surface area contributed by atoms with E-state index in [0.29, 0.717) is 6.04 Å². The van der Waals surface area contributed by atoms with Crippen LogP contribution in [-0.2, 0) is 0 Å². The lowest BCUT2D eigenvalue weighted by Crippen LogP contribution is -2.74. The second kappa shape index (κ2) is 11.1. The average Bonchev–Trinajstić information content (AvgIpc) is 2.86. The van der Waals surface area contributed by atoms with E-state index in [0.717, 1.165) is 4.48 Å². The lowest BCUT2D eigenvalue weighted by atomic mass is 9.13. The molecule has 3 heteroatoms. The van der Waals surface area contributed by atoms with Crippen LogP contribution in [0.15, 0.2) is 121 Å². The Morgan fingerprint density at radius 1 is 0.545 bits per heavy atom. The molecule has 0 amide bonds.